The van der Waals surface area contributed by atoms with Gasteiger partial charge in [-0.15, -0.1) is 0 Å². The molecule has 0 N–H and O–H groups in total. The highest BCUT2D eigenvalue weighted by Gasteiger charge is 2.25. The van der Waals surface area contributed by atoms with Crippen LogP contribution in [0.4, 0.5) is 5.69 Å². The van der Waals surface area contributed by atoms with Crippen molar-refractivity contribution in [1.82, 2.24) is 0 Å². The van der Waals surface area contributed by atoms with Crippen molar-refractivity contribution in [3.05, 3.63) is 29.3 Å². The summed E-state index contributed by atoms with van der Waals surface area (Å²) in [7, 11) is -3.28. The summed E-state index contributed by atoms with van der Waals surface area (Å²) in [4.78, 5) is 12.3. The standard InChI is InChI=1S/C17H23NO4S/c1-23(20,21)18-11-5-6-13-12-14(9-10-16(13)18)17(19)22-15-7-3-2-4-8-15/h9-10,12,15H,2-8,11H2,1H3. The number of esters is 1. The molecule has 0 spiro atoms. The van der Waals surface area contributed by atoms with Gasteiger partial charge in [-0.3, -0.25) is 4.31 Å². The first-order chi connectivity index (χ1) is 10.9. The lowest BCUT2D eigenvalue weighted by molar-refractivity contribution is 0.0211. The molecule has 1 fully saturated rings. The van der Waals surface area contributed by atoms with E-state index in [4.69, 9.17) is 4.74 Å². The van der Waals surface area contributed by atoms with Crippen molar-refractivity contribution in [2.24, 2.45) is 0 Å². The maximum atomic E-state index is 12.3. The molecule has 0 aromatic heterocycles. The molecule has 1 aromatic carbocycles. The lowest BCUT2D eigenvalue weighted by Crippen LogP contribution is -2.34. The fourth-order valence-electron chi connectivity index (χ4n) is 3.44. The van der Waals surface area contributed by atoms with Gasteiger partial charge in [-0.2, -0.15) is 0 Å². The second kappa shape index (κ2) is 6.51. The molecule has 0 atom stereocenters. The number of fused-ring (bicyclic) bond motifs is 1. The largest absolute Gasteiger partial charge is 0.459 e. The molecule has 0 amide bonds. The SMILES string of the molecule is CS(=O)(=O)N1CCCc2cc(C(=O)OC3CCCCC3)ccc21. The van der Waals surface area contributed by atoms with Crippen LogP contribution in [0.1, 0.15) is 54.4 Å². The van der Waals surface area contributed by atoms with Crippen LogP contribution in [-0.2, 0) is 21.2 Å². The van der Waals surface area contributed by atoms with Crippen LogP contribution < -0.4 is 4.31 Å². The topological polar surface area (TPSA) is 63.7 Å². The van der Waals surface area contributed by atoms with E-state index in [2.05, 4.69) is 0 Å². The minimum absolute atomic E-state index is 0.0276. The Morgan fingerprint density at radius 3 is 2.61 bits per heavy atom. The number of aryl methyl sites for hydroxylation is 1. The van der Waals surface area contributed by atoms with E-state index in [1.54, 1.807) is 18.2 Å². The zero-order chi connectivity index (χ0) is 16.4. The van der Waals surface area contributed by atoms with Gasteiger partial charge in [0.05, 0.1) is 17.5 Å². The molecule has 1 aromatic rings. The molecule has 23 heavy (non-hydrogen) atoms. The van der Waals surface area contributed by atoms with Gasteiger partial charge in [0.15, 0.2) is 0 Å². The lowest BCUT2D eigenvalue weighted by atomic mass is 9.97. The van der Waals surface area contributed by atoms with Gasteiger partial charge in [-0.25, -0.2) is 13.2 Å². The molecule has 6 heteroatoms. The van der Waals surface area contributed by atoms with Crippen LogP contribution in [0.5, 0.6) is 0 Å². The number of carbonyl (C=O) groups is 1. The monoisotopic (exact) mass is 337 g/mol. The Hall–Kier alpha value is -1.56. The first kappa shape index (κ1) is 16.3. The van der Waals surface area contributed by atoms with Gasteiger partial charge in [0.2, 0.25) is 10.0 Å². The van der Waals surface area contributed by atoms with E-state index in [9.17, 15) is 13.2 Å². The molecule has 0 radical (unpaired) electrons. The summed E-state index contributed by atoms with van der Waals surface area (Å²) in [5.74, 6) is -0.295. The Bertz CT molecular complexity index is 693. The number of ether oxygens (including phenoxy) is 1. The van der Waals surface area contributed by atoms with Gasteiger partial charge in [-0.1, -0.05) is 6.42 Å². The highest BCUT2D eigenvalue weighted by atomic mass is 32.2. The molecule has 2 aliphatic rings. The molecule has 0 saturated heterocycles. The van der Waals surface area contributed by atoms with Gasteiger partial charge in [0, 0.05) is 6.54 Å². The van der Waals surface area contributed by atoms with Crippen molar-refractivity contribution in [3.63, 3.8) is 0 Å². The van der Waals surface area contributed by atoms with Crippen molar-refractivity contribution in [2.45, 2.75) is 51.0 Å². The number of sulfonamides is 1. The number of anilines is 1. The summed E-state index contributed by atoms with van der Waals surface area (Å²) in [5, 5.41) is 0. The van der Waals surface area contributed by atoms with E-state index in [0.29, 0.717) is 17.8 Å². The van der Waals surface area contributed by atoms with E-state index in [0.717, 1.165) is 44.1 Å². The minimum atomic E-state index is -3.28. The Kier molecular flexibility index (Phi) is 4.62. The summed E-state index contributed by atoms with van der Waals surface area (Å²) in [6.07, 6.45) is 8.13. The molecule has 5 nitrogen and oxygen atoms in total. The van der Waals surface area contributed by atoms with Gasteiger partial charge >= 0.3 is 5.97 Å². The summed E-state index contributed by atoms with van der Waals surface area (Å²) in [5.41, 5.74) is 2.11. The summed E-state index contributed by atoms with van der Waals surface area (Å²) < 4.78 is 30.7. The third kappa shape index (κ3) is 3.68. The molecule has 1 aliphatic carbocycles. The Labute approximate surface area is 137 Å². The normalized spacial score (nSPS) is 19.3. The van der Waals surface area contributed by atoms with Crippen LogP contribution in [0.15, 0.2) is 18.2 Å². The molecule has 1 saturated carbocycles. The number of rotatable bonds is 3. The highest BCUT2D eigenvalue weighted by Crippen LogP contribution is 2.30. The fraction of sp³-hybridized carbons (Fsp3) is 0.588. The predicted molar refractivity (Wildman–Crippen MR) is 89.2 cm³/mol. The number of nitrogens with zero attached hydrogens (tertiary/aromatic N) is 1. The minimum Gasteiger partial charge on any atom is -0.459 e. The Balaban J connectivity index is 1.79. The van der Waals surface area contributed by atoms with Gasteiger partial charge in [0.1, 0.15) is 6.10 Å². The summed E-state index contributed by atoms with van der Waals surface area (Å²) in [6, 6.07) is 5.19. The predicted octanol–water partition coefficient (Wildman–Crippen LogP) is 2.89. The average Bonchev–Trinajstić information content (AvgIpc) is 2.53. The van der Waals surface area contributed by atoms with Gasteiger partial charge < -0.3 is 4.74 Å². The summed E-state index contributed by atoms with van der Waals surface area (Å²) >= 11 is 0. The Morgan fingerprint density at radius 1 is 1.17 bits per heavy atom. The van der Waals surface area contributed by atoms with E-state index in [1.165, 1.54) is 17.0 Å². The van der Waals surface area contributed by atoms with Crippen molar-refractivity contribution < 1.29 is 17.9 Å². The van der Waals surface area contributed by atoms with Crippen molar-refractivity contribution >= 4 is 21.7 Å². The van der Waals surface area contributed by atoms with E-state index in [-0.39, 0.29) is 12.1 Å². The number of benzene rings is 1. The molecule has 1 aliphatic heterocycles. The molecular formula is C17H23NO4S. The second-order valence-electron chi connectivity index (χ2n) is 6.45. The molecular weight excluding hydrogens is 314 g/mol. The third-order valence-corrected chi connectivity index (χ3v) is 5.80. The molecule has 3 rings (SSSR count). The van der Waals surface area contributed by atoms with Gasteiger partial charge in [-0.05, 0) is 62.3 Å². The maximum Gasteiger partial charge on any atom is 0.338 e. The maximum absolute atomic E-state index is 12.3. The van der Waals surface area contributed by atoms with Crippen LogP contribution >= 0.6 is 0 Å². The lowest BCUT2D eigenvalue weighted by Gasteiger charge is -2.29. The van der Waals surface area contributed by atoms with E-state index < -0.39 is 10.0 Å². The Morgan fingerprint density at radius 2 is 1.91 bits per heavy atom. The second-order valence-corrected chi connectivity index (χ2v) is 8.35. The molecule has 0 unspecified atom stereocenters. The first-order valence-corrected chi connectivity index (χ1v) is 10.1. The number of carbonyl (C=O) groups excluding carboxylic acids is 1. The zero-order valence-electron chi connectivity index (χ0n) is 13.5. The smallest absolute Gasteiger partial charge is 0.338 e. The van der Waals surface area contributed by atoms with Gasteiger partial charge in [0.25, 0.3) is 0 Å². The van der Waals surface area contributed by atoms with Crippen molar-refractivity contribution in [1.29, 1.82) is 0 Å². The average molecular weight is 337 g/mol. The number of hydrogen-bond donors (Lipinski definition) is 0. The van der Waals surface area contributed by atoms with Crippen molar-refractivity contribution in [3.8, 4) is 0 Å². The number of hydrogen-bond acceptors (Lipinski definition) is 4. The van der Waals surface area contributed by atoms with Crippen LogP contribution in [0.2, 0.25) is 0 Å². The van der Waals surface area contributed by atoms with Crippen molar-refractivity contribution in [2.75, 3.05) is 17.1 Å². The third-order valence-electron chi connectivity index (χ3n) is 4.62. The van der Waals surface area contributed by atoms with Crippen LogP contribution in [0, 0.1) is 0 Å². The zero-order valence-corrected chi connectivity index (χ0v) is 14.3. The van der Waals surface area contributed by atoms with Crippen LogP contribution in [-0.4, -0.2) is 33.3 Å². The first-order valence-electron chi connectivity index (χ1n) is 8.27. The molecule has 1 heterocycles. The highest BCUT2D eigenvalue weighted by molar-refractivity contribution is 7.92. The molecule has 0 bridgehead atoms. The van der Waals surface area contributed by atoms with E-state index in [1.807, 2.05) is 0 Å². The quantitative estimate of drug-likeness (QED) is 0.796. The fourth-order valence-corrected chi connectivity index (χ4v) is 4.43. The van der Waals surface area contributed by atoms with Crippen LogP contribution in [0.25, 0.3) is 0 Å². The summed E-state index contributed by atoms with van der Waals surface area (Å²) in [6.45, 7) is 0.498. The van der Waals surface area contributed by atoms with E-state index >= 15 is 0 Å². The van der Waals surface area contributed by atoms with Crippen LogP contribution in [0.3, 0.4) is 0 Å². The molecule has 126 valence electrons.